The molecule has 4 N–H and O–H groups in total. The fourth-order valence-electron chi connectivity index (χ4n) is 1.43. The first-order chi connectivity index (χ1) is 8.92. The Bertz CT molecular complexity index is 506. The predicted molar refractivity (Wildman–Crippen MR) is 80.2 cm³/mol. The Kier molecular flexibility index (Phi) is 8.40. The molecule has 0 heterocycles. The van der Waals surface area contributed by atoms with Crippen molar-refractivity contribution in [1.29, 1.82) is 0 Å². The number of carbonyl (C=O) groups is 1. The highest BCUT2D eigenvalue weighted by Gasteiger charge is 2.12. The van der Waals surface area contributed by atoms with Crippen molar-refractivity contribution >= 4 is 28.3 Å². The lowest BCUT2D eigenvalue weighted by atomic mass is 10.2. The number of rotatable bonds is 7. The van der Waals surface area contributed by atoms with Crippen LogP contribution in [-0.2, 0) is 14.8 Å². The summed E-state index contributed by atoms with van der Waals surface area (Å²) in [5.41, 5.74) is 5.47. The molecule has 8 heteroatoms. The normalized spacial score (nSPS) is 12.3. The van der Waals surface area contributed by atoms with Crippen LogP contribution in [0.5, 0.6) is 0 Å². The molecule has 1 aromatic carbocycles. The number of halogens is 1. The number of carbonyl (C=O) groups excluding carboxylic acids is 1. The first-order valence-electron chi connectivity index (χ1n) is 5.99. The quantitative estimate of drug-likeness (QED) is 0.626. The highest BCUT2D eigenvalue weighted by molar-refractivity contribution is 7.89. The maximum atomic E-state index is 11.8. The van der Waals surface area contributed by atoms with Gasteiger partial charge in [0.25, 0.3) is 0 Å². The fraction of sp³-hybridized carbons (Fsp3) is 0.417. The summed E-state index contributed by atoms with van der Waals surface area (Å²) in [7, 11) is -3.51. The molecule has 1 rings (SSSR count). The van der Waals surface area contributed by atoms with Crippen molar-refractivity contribution in [2.24, 2.45) is 5.73 Å². The molecule has 0 radical (unpaired) electrons. The molecule has 0 aliphatic carbocycles. The minimum atomic E-state index is -3.51. The van der Waals surface area contributed by atoms with Crippen molar-refractivity contribution in [1.82, 2.24) is 10.0 Å². The molecule has 20 heavy (non-hydrogen) atoms. The highest BCUT2D eigenvalue weighted by atomic mass is 35.5. The van der Waals surface area contributed by atoms with Gasteiger partial charge in [-0.25, -0.2) is 13.1 Å². The molecule has 0 saturated carbocycles. The van der Waals surface area contributed by atoms with E-state index in [0.717, 1.165) is 0 Å². The second-order valence-corrected chi connectivity index (χ2v) is 6.01. The summed E-state index contributed by atoms with van der Waals surface area (Å²) in [6.07, 6.45) is 0.228. The van der Waals surface area contributed by atoms with Crippen LogP contribution in [-0.4, -0.2) is 33.5 Å². The zero-order valence-corrected chi connectivity index (χ0v) is 12.8. The number of sulfonamides is 1. The molecule has 0 fully saturated rings. The van der Waals surface area contributed by atoms with Gasteiger partial charge in [-0.15, -0.1) is 12.4 Å². The van der Waals surface area contributed by atoms with Gasteiger partial charge in [-0.1, -0.05) is 18.2 Å². The fourth-order valence-corrected chi connectivity index (χ4v) is 2.49. The first-order valence-corrected chi connectivity index (χ1v) is 7.47. The Morgan fingerprint density at radius 2 is 1.85 bits per heavy atom. The largest absolute Gasteiger partial charge is 0.355 e. The lowest BCUT2D eigenvalue weighted by Crippen LogP contribution is -2.36. The number of benzene rings is 1. The minimum absolute atomic E-state index is 0. The van der Waals surface area contributed by atoms with Crippen LogP contribution in [0.2, 0.25) is 0 Å². The lowest BCUT2D eigenvalue weighted by molar-refractivity contribution is -0.121. The van der Waals surface area contributed by atoms with Gasteiger partial charge in [0.05, 0.1) is 4.90 Å². The van der Waals surface area contributed by atoms with Gasteiger partial charge in [0.2, 0.25) is 15.9 Å². The van der Waals surface area contributed by atoms with Crippen molar-refractivity contribution in [2.45, 2.75) is 24.3 Å². The van der Waals surface area contributed by atoms with Crippen LogP contribution in [0.25, 0.3) is 0 Å². The van der Waals surface area contributed by atoms with Crippen molar-refractivity contribution in [3.8, 4) is 0 Å². The van der Waals surface area contributed by atoms with Gasteiger partial charge >= 0.3 is 0 Å². The smallest absolute Gasteiger partial charge is 0.240 e. The van der Waals surface area contributed by atoms with E-state index in [0.29, 0.717) is 0 Å². The number of hydrogen-bond donors (Lipinski definition) is 3. The number of hydrogen-bond acceptors (Lipinski definition) is 4. The van der Waals surface area contributed by atoms with E-state index in [2.05, 4.69) is 10.0 Å². The summed E-state index contributed by atoms with van der Waals surface area (Å²) in [4.78, 5) is 11.5. The Morgan fingerprint density at radius 1 is 1.25 bits per heavy atom. The molecule has 1 atom stereocenters. The van der Waals surface area contributed by atoms with Crippen LogP contribution in [0.1, 0.15) is 13.3 Å². The van der Waals surface area contributed by atoms with E-state index in [9.17, 15) is 13.2 Å². The summed E-state index contributed by atoms with van der Waals surface area (Å²) in [5.74, 6) is -0.186. The maximum Gasteiger partial charge on any atom is 0.240 e. The van der Waals surface area contributed by atoms with Crippen LogP contribution in [0, 0.1) is 0 Å². The van der Waals surface area contributed by atoms with Gasteiger partial charge in [0, 0.05) is 25.6 Å². The summed E-state index contributed by atoms with van der Waals surface area (Å²) < 4.78 is 26.0. The summed E-state index contributed by atoms with van der Waals surface area (Å²) in [6.45, 7) is 2.11. The molecule has 0 spiro atoms. The van der Waals surface area contributed by atoms with E-state index < -0.39 is 10.0 Å². The number of nitrogens with two attached hydrogens (primary N) is 1. The zero-order valence-electron chi connectivity index (χ0n) is 11.2. The van der Waals surface area contributed by atoms with Crippen molar-refractivity contribution < 1.29 is 13.2 Å². The summed E-state index contributed by atoms with van der Waals surface area (Å²) in [6, 6.07) is 7.86. The SMILES string of the molecule is CC(N)CC(=O)NCCNS(=O)(=O)c1ccccc1.Cl. The van der Waals surface area contributed by atoms with Gasteiger partial charge in [0.15, 0.2) is 0 Å². The molecule has 0 aliphatic rings. The molecule has 0 aliphatic heterocycles. The van der Waals surface area contributed by atoms with Crippen LogP contribution in [0.3, 0.4) is 0 Å². The monoisotopic (exact) mass is 321 g/mol. The van der Waals surface area contributed by atoms with E-state index in [4.69, 9.17) is 5.73 Å². The summed E-state index contributed by atoms with van der Waals surface area (Å²) in [5, 5.41) is 2.59. The van der Waals surface area contributed by atoms with E-state index in [1.165, 1.54) is 12.1 Å². The molecule has 1 aromatic rings. The molecule has 0 aromatic heterocycles. The molecule has 114 valence electrons. The molecular formula is C12H20ClN3O3S. The molecule has 1 unspecified atom stereocenters. The van der Waals surface area contributed by atoms with Crippen LogP contribution >= 0.6 is 12.4 Å². The van der Waals surface area contributed by atoms with Crippen molar-refractivity contribution in [3.63, 3.8) is 0 Å². The van der Waals surface area contributed by atoms with Crippen LogP contribution < -0.4 is 15.8 Å². The lowest BCUT2D eigenvalue weighted by Gasteiger charge is -2.09. The molecule has 1 amide bonds. The maximum absolute atomic E-state index is 11.8. The van der Waals surface area contributed by atoms with Gasteiger partial charge in [0.1, 0.15) is 0 Å². The first kappa shape index (κ1) is 18.9. The van der Waals surface area contributed by atoms with Crippen molar-refractivity contribution in [3.05, 3.63) is 30.3 Å². The second-order valence-electron chi connectivity index (χ2n) is 4.24. The van der Waals surface area contributed by atoms with Gasteiger partial charge < -0.3 is 11.1 Å². The van der Waals surface area contributed by atoms with Crippen LogP contribution in [0.15, 0.2) is 35.2 Å². The molecule has 6 nitrogen and oxygen atoms in total. The predicted octanol–water partition coefficient (Wildman–Crippen LogP) is 0.240. The Balaban J connectivity index is 0.00000361. The molecule has 0 bridgehead atoms. The van der Waals surface area contributed by atoms with E-state index in [1.54, 1.807) is 25.1 Å². The molecule has 0 saturated heterocycles. The van der Waals surface area contributed by atoms with E-state index in [1.807, 2.05) is 0 Å². The highest BCUT2D eigenvalue weighted by Crippen LogP contribution is 2.06. The van der Waals surface area contributed by atoms with E-state index >= 15 is 0 Å². The number of amides is 1. The minimum Gasteiger partial charge on any atom is -0.355 e. The second kappa shape index (κ2) is 8.91. The van der Waals surface area contributed by atoms with Crippen LogP contribution in [0.4, 0.5) is 0 Å². The zero-order chi connectivity index (χ0) is 14.3. The average Bonchev–Trinajstić information content (AvgIpc) is 2.35. The summed E-state index contributed by atoms with van der Waals surface area (Å²) >= 11 is 0. The third kappa shape index (κ3) is 6.85. The van der Waals surface area contributed by atoms with E-state index in [-0.39, 0.29) is 48.8 Å². The van der Waals surface area contributed by atoms with Gasteiger partial charge in [-0.05, 0) is 19.1 Å². The number of nitrogens with one attached hydrogen (secondary N) is 2. The Hall–Kier alpha value is -1.15. The van der Waals surface area contributed by atoms with Gasteiger partial charge in [-0.2, -0.15) is 0 Å². The molecular weight excluding hydrogens is 302 g/mol. The Labute approximate surface area is 125 Å². The third-order valence-electron chi connectivity index (χ3n) is 2.30. The third-order valence-corrected chi connectivity index (χ3v) is 3.78. The Morgan fingerprint density at radius 3 is 2.40 bits per heavy atom. The topological polar surface area (TPSA) is 101 Å². The standard InChI is InChI=1S/C12H19N3O3S.ClH/c1-10(13)9-12(16)14-7-8-15-19(17,18)11-5-3-2-4-6-11;/h2-6,10,15H,7-9,13H2,1H3,(H,14,16);1H. The average molecular weight is 322 g/mol. The van der Waals surface area contributed by atoms with Gasteiger partial charge in [-0.3, -0.25) is 4.79 Å². The van der Waals surface area contributed by atoms with Crippen molar-refractivity contribution in [2.75, 3.05) is 13.1 Å².